The van der Waals surface area contributed by atoms with Crippen molar-refractivity contribution in [2.75, 3.05) is 7.05 Å². The average Bonchev–Trinajstić information content (AvgIpc) is 2.27. The van der Waals surface area contributed by atoms with Crippen molar-refractivity contribution in [2.45, 2.75) is 46.8 Å². The van der Waals surface area contributed by atoms with Crippen LogP contribution in [-0.4, -0.2) is 28.6 Å². The number of carbonyl (C=O) groups is 1. The molecule has 0 aliphatic heterocycles. The van der Waals surface area contributed by atoms with Crippen LogP contribution < -0.4 is 0 Å². The quantitative estimate of drug-likeness (QED) is 0.893. The summed E-state index contributed by atoms with van der Waals surface area (Å²) in [5.41, 5.74) is 3.54. The van der Waals surface area contributed by atoms with Crippen LogP contribution in [0, 0.1) is 20.8 Å². The number of benzene rings is 1. The number of hydrogen-bond acceptors (Lipinski definition) is 2. The second kappa shape index (κ2) is 5.11. The van der Waals surface area contributed by atoms with Gasteiger partial charge in [0.1, 0.15) is 5.60 Å². The number of likely N-dealkylation sites (N-methyl/N-ethyl adjacent to an activating group) is 1. The van der Waals surface area contributed by atoms with Crippen LogP contribution in [-0.2, 0) is 11.3 Å². The first-order valence-corrected chi connectivity index (χ1v) is 6.18. The SMILES string of the molecule is Cc1ccc(CN(C)C(=O)C(C)(C)O)c(C)c1C. The summed E-state index contributed by atoms with van der Waals surface area (Å²) in [5.74, 6) is -0.264. The van der Waals surface area contributed by atoms with Crippen molar-refractivity contribution in [1.82, 2.24) is 4.90 Å². The molecule has 0 atom stereocenters. The maximum Gasteiger partial charge on any atom is 0.253 e. The van der Waals surface area contributed by atoms with Crippen molar-refractivity contribution in [3.05, 3.63) is 34.4 Å². The van der Waals surface area contributed by atoms with Crippen molar-refractivity contribution in [3.8, 4) is 0 Å². The predicted molar refractivity (Wildman–Crippen MR) is 73.4 cm³/mol. The van der Waals surface area contributed by atoms with E-state index in [-0.39, 0.29) is 5.91 Å². The number of nitrogens with zero attached hydrogens (tertiary/aromatic N) is 1. The van der Waals surface area contributed by atoms with Crippen LogP contribution in [0.3, 0.4) is 0 Å². The second-order valence-corrected chi connectivity index (χ2v) is 5.51. The van der Waals surface area contributed by atoms with Crippen molar-refractivity contribution in [1.29, 1.82) is 0 Å². The molecule has 0 bridgehead atoms. The number of hydrogen-bond donors (Lipinski definition) is 1. The first-order chi connectivity index (χ1) is 8.14. The van der Waals surface area contributed by atoms with E-state index in [0.717, 1.165) is 5.56 Å². The Hall–Kier alpha value is -1.35. The molecule has 3 nitrogen and oxygen atoms in total. The topological polar surface area (TPSA) is 40.5 Å². The van der Waals surface area contributed by atoms with Crippen LogP contribution >= 0.6 is 0 Å². The van der Waals surface area contributed by atoms with Gasteiger partial charge >= 0.3 is 0 Å². The smallest absolute Gasteiger partial charge is 0.253 e. The number of aryl methyl sites for hydroxylation is 1. The summed E-state index contributed by atoms with van der Waals surface area (Å²) in [6, 6.07) is 4.12. The summed E-state index contributed by atoms with van der Waals surface area (Å²) in [4.78, 5) is 13.5. The van der Waals surface area contributed by atoms with E-state index in [1.807, 2.05) is 6.07 Å². The molecular weight excluding hydrogens is 226 g/mol. The fraction of sp³-hybridized carbons (Fsp3) is 0.533. The molecule has 3 heteroatoms. The second-order valence-electron chi connectivity index (χ2n) is 5.51. The Morgan fingerprint density at radius 1 is 1.22 bits per heavy atom. The van der Waals surface area contributed by atoms with Crippen LogP contribution in [0.5, 0.6) is 0 Å². The molecule has 0 aliphatic carbocycles. The summed E-state index contributed by atoms with van der Waals surface area (Å²) in [7, 11) is 1.72. The zero-order chi connectivity index (χ0) is 14.1. The lowest BCUT2D eigenvalue weighted by atomic mass is 9.98. The first kappa shape index (κ1) is 14.7. The number of amides is 1. The molecule has 0 aromatic heterocycles. The fourth-order valence-corrected chi connectivity index (χ4v) is 1.98. The molecule has 0 fully saturated rings. The lowest BCUT2D eigenvalue weighted by Crippen LogP contribution is -2.42. The highest BCUT2D eigenvalue weighted by molar-refractivity contribution is 5.83. The highest BCUT2D eigenvalue weighted by Gasteiger charge is 2.27. The molecule has 1 N–H and O–H groups in total. The lowest BCUT2D eigenvalue weighted by Gasteiger charge is -2.26. The Bertz CT molecular complexity index is 458. The molecule has 0 aliphatic rings. The van der Waals surface area contributed by atoms with Gasteiger partial charge in [-0.15, -0.1) is 0 Å². The standard InChI is InChI=1S/C15H23NO2/c1-10-7-8-13(12(3)11(10)2)9-16(6)14(17)15(4,5)18/h7-8,18H,9H2,1-6H3. The molecule has 0 spiro atoms. The van der Waals surface area contributed by atoms with Crippen LogP contribution in [0.4, 0.5) is 0 Å². The van der Waals surface area contributed by atoms with E-state index in [9.17, 15) is 9.90 Å². The molecule has 1 rings (SSSR count). The molecule has 100 valence electrons. The van der Waals surface area contributed by atoms with Gasteiger partial charge in [0, 0.05) is 13.6 Å². The Morgan fingerprint density at radius 3 is 2.28 bits per heavy atom. The number of carbonyl (C=O) groups excluding carboxylic acids is 1. The average molecular weight is 249 g/mol. The summed E-state index contributed by atoms with van der Waals surface area (Å²) in [5, 5.41) is 9.71. The van der Waals surface area contributed by atoms with Gasteiger partial charge in [0.25, 0.3) is 5.91 Å². The number of rotatable bonds is 3. The maximum atomic E-state index is 11.9. The Morgan fingerprint density at radius 2 is 1.78 bits per heavy atom. The first-order valence-electron chi connectivity index (χ1n) is 6.18. The Balaban J connectivity index is 2.93. The Labute approximate surface area is 109 Å². The minimum Gasteiger partial charge on any atom is -0.381 e. The maximum absolute atomic E-state index is 11.9. The minimum atomic E-state index is -1.32. The third kappa shape index (κ3) is 3.10. The normalized spacial score (nSPS) is 11.5. The van der Waals surface area contributed by atoms with Gasteiger partial charge in [-0.1, -0.05) is 12.1 Å². The molecular formula is C15H23NO2. The van der Waals surface area contributed by atoms with Crippen LogP contribution in [0.1, 0.15) is 36.1 Å². The van der Waals surface area contributed by atoms with Gasteiger partial charge in [0.2, 0.25) is 0 Å². The third-order valence-electron chi connectivity index (χ3n) is 3.45. The molecule has 1 amide bonds. The summed E-state index contributed by atoms with van der Waals surface area (Å²) in [6.07, 6.45) is 0. The number of aliphatic hydroxyl groups is 1. The van der Waals surface area contributed by atoms with Gasteiger partial charge in [-0.3, -0.25) is 4.79 Å². The zero-order valence-electron chi connectivity index (χ0n) is 12.2. The van der Waals surface area contributed by atoms with E-state index in [1.54, 1.807) is 11.9 Å². The van der Waals surface area contributed by atoms with Crippen LogP contribution in [0.2, 0.25) is 0 Å². The highest BCUT2D eigenvalue weighted by atomic mass is 16.3. The van der Waals surface area contributed by atoms with Gasteiger partial charge in [0.15, 0.2) is 0 Å². The van der Waals surface area contributed by atoms with E-state index >= 15 is 0 Å². The van der Waals surface area contributed by atoms with Crippen molar-refractivity contribution in [3.63, 3.8) is 0 Å². The van der Waals surface area contributed by atoms with E-state index < -0.39 is 5.60 Å². The minimum absolute atomic E-state index is 0.264. The molecule has 18 heavy (non-hydrogen) atoms. The molecule has 1 aromatic rings. The van der Waals surface area contributed by atoms with Gasteiger partial charge in [0.05, 0.1) is 0 Å². The molecule has 1 aromatic carbocycles. The molecule has 0 saturated carbocycles. The molecule has 0 saturated heterocycles. The van der Waals surface area contributed by atoms with Crippen molar-refractivity contribution < 1.29 is 9.90 Å². The van der Waals surface area contributed by atoms with Gasteiger partial charge in [-0.2, -0.15) is 0 Å². The third-order valence-corrected chi connectivity index (χ3v) is 3.45. The fourth-order valence-electron chi connectivity index (χ4n) is 1.98. The predicted octanol–water partition coefficient (Wildman–Crippen LogP) is 2.34. The molecule has 0 radical (unpaired) electrons. The monoisotopic (exact) mass is 249 g/mol. The van der Waals surface area contributed by atoms with Gasteiger partial charge in [-0.25, -0.2) is 0 Å². The van der Waals surface area contributed by atoms with E-state index in [0.29, 0.717) is 6.54 Å². The summed E-state index contributed by atoms with van der Waals surface area (Å²) < 4.78 is 0. The lowest BCUT2D eigenvalue weighted by molar-refractivity contribution is -0.146. The summed E-state index contributed by atoms with van der Waals surface area (Å²) >= 11 is 0. The Kier molecular flexibility index (Phi) is 4.17. The van der Waals surface area contributed by atoms with Crippen LogP contribution in [0.25, 0.3) is 0 Å². The van der Waals surface area contributed by atoms with Crippen molar-refractivity contribution >= 4 is 5.91 Å². The van der Waals surface area contributed by atoms with E-state index in [1.165, 1.54) is 30.5 Å². The van der Waals surface area contributed by atoms with Crippen LogP contribution in [0.15, 0.2) is 12.1 Å². The zero-order valence-corrected chi connectivity index (χ0v) is 12.2. The van der Waals surface area contributed by atoms with E-state index in [2.05, 4.69) is 26.8 Å². The van der Waals surface area contributed by atoms with E-state index in [4.69, 9.17) is 0 Å². The largest absolute Gasteiger partial charge is 0.381 e. The van der Waals surface area contributed by atoms with Gasteiger partial charge in [-0.05, 0) is 56.9 Å². The highest BCUT2D eigenvalue weighted by Crippen LogP contribution is 2.19. The molecule has 0 unspecified atom stereocenters. The van der Waals surface area contributed by atoms with Crippen molar-refractivity contribution in [2.24, 2.45) is 0 Å². The van der Waals surface area contributed by atoms with Gasteiger partial charge < -0.3 is 10.0 Å². The summed E-state index contributed by atoms with van der Waals surface area (Å²) in [6.45, 7) is 9.79. The molecule has 0 heterocycles.